The van der Waals surface area contributed by atoms with Crippen LogP contribution in [0.15, 0.2) is 42.9 Å². The lowest BCUT2D eigenvalue weighted by Crippen LogP contribution is -1.94. The van der Waals surface area contributed by atoms with Gasteiger partial charge in [0.1, 0.15) is 12.1 Å². The highest BCUT2D eigenvalue weighted by Crippen LogP contribution is 2.13. The molecular weight excluding hydrogens is 240 g/mol. The molecule has 0 fully saturated rings. The second-order valence-corrected chi connectivity index (χ2v) is 3.95. The normalized spacial score (nSPS) is 11.2. The van der Waals surface area contributed by atoms with Gasteiger partial charge in [-0.25, -0.2) is 4.98 Å². The topological polar surface area (TPSA) is 52.3 Å². The summed E-state index contributed by atoms with van der Waals surface area (Å²) in [6.07, 6.45) is 7.20. The van der Waals surface area contributed by atoms with Crippen LogP contribution in [-0.2, 0) is 0 Å². The van der Waals surface area contributed by atoms with Gasteiger partial charge in [0.15, 0.2) is 0 Å². The van der Waals surface area contributed by atoms with Gasteiger partial charge in [-0.15, -0.1) is 0 Å². The van der Waals surface area contributed by atoms with Gasteiger partial charge in [-0.3, -0.25) is 0 Å². The maximum Gasteiger partial charge on any atom is 0.252 e. The van der Waals surface area contributed by atoms with Gasteiger partial charge in [-0.2, -0.15) is 14.6 Å². The Morgan fingerprint density at radius 3 is 2.68 bits per heavy atom. The summed E-state index contributed by atoms with van der Waals surface area (Å²) >= 11 is 0. The third-order valence-corrected chi connectivity index (χ3v) is 2.77. The molecule has 0 bridgehead atoms. The first-order valence-corrected chi connectivity index (χ1v) is 5.84. The fraction of sp³-hybridized carbons (Fsp3) is 0.0714. The molecule has 0 unspecified atom stereocenters. The molecule has 0 radical (unpaired) electrons. The molecule has 0 spiro atoms. The monoisotopic (exact) mass is 252 g/mol. The van der Waals surface area contributed by atoms with Crippen molar-refractivity contribution in [2.75, 3.05) is 7.11 Å². The summed E-state index contributed by atoms with van der Waals surface area (Å²) in [5.74, 6) is 1.44. The third-order valence-electron chi connectivity index (χ3n) is 2.77. The zero-order valence-corrected chi connectivity index (χ0v) is 10.4. The SMILES string of the molecule is COc1ccc(/C=C/c2ccnc3ncnn23)cc1. The molecule has 5 nitrogen and oxygen atoms in total. The first-order chi connectivity index (χ1) is 9.36. The van der Waals surface area contributed by atoms with Crippen molar-refractivity contribution in [1.29, 1.82) is 0 Å². The van der Waals surface area contributed by atoms with E-state index in [1.54, 1.807) is 17.8 Å². The average Bonchev–Trinajstić information content (AvgIpc) is 2.94. The zero-order valence-electron chi connectivity index (χ0n) is 10.4. The van der Waals surface area contributed by atoms with Gasteiger partial charge in [0.2, 0.25) is 0 Å². The van der Waals surface area contributed by atoms with E-state index in [4.69, 9.17) is 4.74 Å². The van der Waals surface area contributed by atoms with Gasteiger partial charge in [0.25, 0.3) is 5.78 Å². The van der Waals surface area contributed by atoms with Crippen LogP contribution in [-0.4, -0.2) is 26.7 Å². The summed E-state index contributed by atoms with van der Waals surface area (Å²) in [6, 6.07) is 9.74. The van der Waals surface area contributed by atoms with Crippen LogP contribution in [0.25, 0.3) is 17.9 Å². The number of ether oxygens (including phenoxy) is 1. The maximum absolute atomic E-state index is 5.12. The molecule has 1 aromatic carbocycles. The molecule has 0 amide bonds. The van der Waals surface area contributed by atoms with E-state index in [0.29, 0.717) is 5.78 Å². The van der Waals surface area contributed by atoms with E-state index in [-0.39, 0.29) is 0 Å². The lowest BCUT2D eigenvalue weighted by molar-refractivity contribution is 0.415. The quantitative estimate of drug-likeness (QED) is 0.717. The Morgan fingerprint density at radius 2 is 1.89 bits per heavy atom. The second kappa shape index (κ2) is 4.89. The first kappa shape index (κ1) is 11.4. The van der Waals surface area contributed by atoms with Crippen molar-refractivity contribution in [3.63, 3.8) is 0 Å². The van der Waals surface area contributed by atoms with Crippen molar-refractivity contribution in [2.24, 2.45) is 0 Å². The van der Waals surface area contributed by atoms with E-state index >= 15 is 0 Å². The minimum absolute atomic E-state index is 0.594. The molecule has 3 rings (SSSR count). The fourth-order valence-corrected chi connectivity index (χ4v) is 1.78. The van der Waals surface area contributed by atoms with Crippen molar-refractivity contribution >= 4 is 17.9 Å². The molecule has 5 heteroatoms. The number of methoxy groups -OCH3 is 1. The van der Waals surface area contributed by atoms with Gasteiger partial charge >= 0.3 is 0 Å². The molecule has 2 aromatic heterocycles. The summed E-state index contributed by atoms with van der Waals surface area (Å²) < 4.78 is 6.82. The number of nitrogens with zero attached hydrogens (tertiary/aromatic N) is 4. The van der Waals surface area contributed by atoms with Gasteiger partial charge in [-0.1, -0.05) is 18.2 Å². The second-order valence-electron chi connectivity index (χ2n) is 3.95. The molecule has 2 heterocycles. The van der Waals surface area contributed by atoms with Crippen molar-refractivity contribution < 1.29 is 4.74 Å². The number of hydrogen-bond acceptors (Lipinski definition) is 4. The minimum atomic E-state index is 0.594. The Hall–Kier alpha value is -2.69. The Morgan fingerprint density at radius 1 is 1.05 bits per heavy atom. The van der Waals surface area contributed by atoms with Gasteiger partial charge in [0, 0.05) is 6.20 Å². The number of hydrogen-bond donors (Lipinski definition) is 0. The molecule has 0 N–H and O–H groups in total. The van der Waals surface area contributed by atoms with E-state index in [1.807, 2.05) is 42.5 Å². The molecule has 0 atom stereocenters. The van der Waals surface area contributed by atoms with Crippen LogP contribution in [0.3, 0.4) is 0 Å². The van der Waals surface area contributed by atoms with Gasteiger partial charge in [-0.05, 0) is 29.8 Å². The number of benzene rings is 1. The van der Waals surface area contributed by atoms with E-state index < -0.39 is 0 Å². The maximum atomic E-state index is 5.12. The van der Waals surface area contributed by atoms with Crippen molar-refractivity contribution in [3.05, 3.63) is 54.1 Å². The highest BCUT2D eigenvalue weighted by Gasteiger charge is 1.99. The Labute approximate surface area is 110 Å². The predicted octanol–water partition coefficient (Wildman–Crippen LogP) is 2.30. The molecule has 19 heavy (non-hydrogen) atoms. The van der Waals surface area contributed by atoms with Crippen LogP contribution in [0.2, 0.25) is 0 Å². The van der Waals surface area contributed by atoms with E-state index in [0.717, 1.165) is 17.0 Å². The number of fused-ring (bicyclic) bond motifs is 1. The Balaban J connectivity index is 1.91. The van der Waals surface area contributed by atoms with E-state index in [2.05, 4.69) is 15.1 Å². The van der Waals surface area contributed by atoms with Crippen molar-refractivity contribution in [1.82, 2.24) is 19.6 Å². The largest absolute Gasteiger partial charge is 0.497 e. The summed E-state index contributed by atoms with van der Waals surface area (Å²) in [5, 5.41) is 4.13. The molecule has 3 aromatic rings. The predicted molar refractivity (Wildman–Crippen MR) is 72.7 cm³/mol. The summed E-state index contributed by atoms with van der Waals surface area (Å²) in [6.45, 7) is 0. The number of aromatic nitrogens is 4. The van der Waals surface area contributed by atoms with Crippen LogP contribution in [0.5, 0.6) is 5.75 Å². The average molecular weight is 252 g/mol. The lowest BCUT2D eigenvalue weighted by Gasteiger charge is -2.00. The van der Waals surface area contributed by atoms with Crippen LogP contribution in [0.1, 0.15) is 11.3 Å². The molecule has 0 aliphatic rings. The Bertz CT molecular complexity index is 716. The fourth-order valence-electron chi connectivity index (χ4n) is 1.78. The van der Waals surface area contributed by atoms with Crippen LogP contribution < -0.4 is 4.74 Å². The standard InChI is InChI=1S/C14H12N4O/c1-19-13-6-3-11(4-7-13)2-5-12-8-9-15-14-16-10-17-18(12)14/h2-10H,1H3/b5-2+. The molecule has 0 aliphatic carbocycles. The zero-order chi connectivity index (χ0) is 13.1. The van der Waals surface area contributed by atoms with Crippen LogP contribution in [0.4, 0.5) is 0 Å². The highest BCUT2D eigenvalue weighted by molar-refractivity contribution is 5.68. The molecule has 94 valence electrons. The molecule has 0 aliphatic heterocycles. The molecule has 0 saturated heterocycles. The first-order valence-electron chi connectivity index (χ1n) is 5.84. The molecular formula is C14H12N4O. The minimum Gasteiger partial charge on any atom is -0.497 e. The summed E-state index contributed by atoms with van der Waals surface area (Å²) in [7, 11) is 1.66. The van der Waals surface area contributed by atoms with E-state index in [1.165, 1.54) is 6.33 Å². The van der Waals surface area contributed by atoms with Gasteiger partial charge in [0.05, 0.1) is 12.8 Å². The van der Waals surface area contributed by atoms with Gasteiger partial charge < -0.3 is 4.74 Å². The summed E-state index contributed by atoms with van der Waals surface area (Å²) in [5.41, 5.74) is 2.02. The van der Waals surface area contributed by atoms with Crippen LogP contribution >= 0.6 is 0 Å². The van der Waals surface area contributed by atoms with Crippen molar-refractivity contribution in [2.45, 2.75) is 0 Å². The third kappa shape index (κ3) is 2.30. The summed E-state index contributed by atoms with van der Waals surface area (Å²) in [4.78, 5) is 8.17. The van der Waals surface area contributed by atoms with E-state index in [9.17, 15) is 0 Å². The highest BCUT2D eigenvalue weighted by atomic mass is 16.5. The van der Waals surface area contributed by atoms with Crippen molar-refractivity contribution in [3.8, 4) is 5.75 Å². The Kier molecular flexibility index (Phi) is 2.94. The number of rotatable bonds is 3. The molecule has 0 saturated carbocycles. The smallest absolute Gasteiger partial charge is 0.252 e. The van der Waals surface area contributed by atoms with Crippen LogP contribution in [0, 0.1) is 0 Å². The lowest BCUT2D eigenvalue weighted by atomic mass is 10.2.